The summed E-state index contributed by atoms with van der Waals surface area (Å²) in [6, 6.07) is 7.59. The number of nitrogens with one attached hydrogen (secondary N) is 2. The van der Waals surface area contributed by atoms with Crippen LogP contribution < -0.4 is 15.4 Å². The molecule has 1 aromatic heterocycles. The van der Waals surface area contributed by atoms with Crippen molar-refractivity contribution in [2.75, 3.05) is 19.0 Å². The van der Waals surface area contributed by atoms with Gasteiger partial charge in [0.05, 0.1) is 6.61 Å². The molecule has 0 spiro atoms. The van der Waals surface area contributed by atoms with Gasteiger partial charge in [0.1, 0.15) is 11.4 Å². The number of rotatable bonds is 5. The molecule has 0 unspecified atom stereocenters. The van der Waals surface area contributed by atoms with Crippen LogP contribution in [0.3, 0.4) is 0 Å². The number of benzene rings is 1. The van der Waals surface area contributed by atoms with Crippen molar-refractivity contribution in [3.05, 3.63) is 35.3 Å². The second kappa shape index (κ2) is 6.19. The number of anilines is 2. The largest absolute Gasteiger partial charge is 0.494 e. The highest BCUT2D eigenvalue weighted by molar-refractivity contribution is 7.14. The number of aromatic nitrogens is 1. The average Bonchev–Trinajstić information content (AvgIpc) is 2.89. The van der Waals surface area contributed by atoms with Gasteiger partial charge in [-0.2, -0.15) is 0 Å². The van der Waals surface area contributed by atoms with Crippen molar-refractivity contribution in [1.29, 1.82) is 0 Å². The number of carbonyl (C=O) groups is 1. The minimum Gasteiger partial charge on any atom is -0.494 e. The van der Waals surface area contributed by atoms with Crippen LogP contribution in [0.25, 0.3) is 0 Å². The highest BCUT2D eigenvalue weighted by atomic mass is 32.1. The summed E-state index contributed by atoms with van der Waals surface area (Å²) in [5.41, 5.74) is 1.32. The number of nitrogens with zero attached hydrogens (tertiary/aromatic N) is 1. The predicted molar refractivity (Wildman–Crippen MR) is 76.4 cm³/mol. The molecule has 100 valence electrons. The predicted octanol–water partition coefficient (Wildman–Crippen LogP) is 2.65. The summed E-state index contributed by atoms with van der Waals surface area (Å²) in [6.07, 6.45) is 0. The molecule has 5 nitrogen and oxygen atoms in total. The van der Waals surface area contributed by atoms with Crippen molar-refractivity contribution < 1.29 is 9.53 Å². The molecule has 0 saturated carbocycles. The molecule has 2 aromatic rings. The Morgan fingerprint density at radius 1 is 1.37 bits per heavy atom. The Bertz CT molecular complexity index is 551. The number of hydrogen-bond acceptors (Lipinski definition) is 5. The molecule has 1 heterocycles. The van der Waals surface area contributed by atoms with Crippen molar-refractivity contribution in [1.82, 2.24) is 10.3 Å². The third-order valence-corrected chi connectivity index (χ3v) is 3.14. The van der Waals surface area contributed by atoms with Gasteiger partial charge in [-0.15, -0.1) is 11.3 Å². The van der Waals surface area contributed by atoms with Crippen LogP contribution in [0, 0.1) is 0 Å². The Labute approximate surface area is 115 Å². The molecule has 0 saturated heterocycles. The minimum absolute atomic E-state index is 0.184. The number of ether oxygens (including phenoxy) is 1. The van der Waals surface area contributed by atoms with Crippen molar-refractivity contribution in [3.8, 4) is 5.75 Å². The smallest absolute Gasteiger partial charge is 0.270 e. The maximum atomic E-state index is 11.4. The lowest BCUT2D eigenvalue weighted by molar-refractivity contribution is 0.0959. The van der Waals surface area contributed by atoms with Gasteiger partial charge in [0.15, 0.2) is 5.13 Å². The summed E-state index contributed by atoms with van der Waals surface area (Å²) >= 11 is 1.39. The summed E-state index contributed by atoms with van der Waals surface area (Å²) in [6.45, 7) is 2.59. The first-order valence-corrected chi connectivity index (χ1v) is 6.78. The first kappa shape index (κ1) is 13.4. The molecule has 19 heavy (non-hydrogen) atoms. The zero-order valence-electron chi connectivity index (χ0n) is 10.8. The molecule has 0 atom stereocenters. The monoisotopic (exact) mass is 277 g/mol. The van der Waals surface area contributed by atoms with Crippen LogP contribution in [0.5, 0.6) is 5.75 Å². The summed E-state index contributed by atoms with van der Waals surface area (Å²) < 4.78 is 5.37. The van der Waals surface area contributed by atoms with Crippen LogP contribution in [0.15, 0.2) is 29.6 Å². The molecule has 1 amide bonds. The first-order valence-electron chi connectivity index (χ1n) is 5.90. The second-order valence-electron chi connectivity index (χ2n) is 3.70. The third-order valence-electron chi connectivity index (χ3n) is 2.38. The van der Waals surface area contributed by atoms with Gasteiger partial charge in [0.25, 0.3) is 5.91 Å². The Hall–Kier alpha value is -2.08. The van der Waals surface area contributed by atoms with Crippen LogP contribution in [0.1, 0.15) is 17.4 Å². The molecule has 6 heteroatoms. The van der Waals surface area contributed by atoms with E-state index in [4.69, 9.17) is 4.74 Å². The summed E-state index contributed by atoms with van der Waals surface area (Å²) in [7, 11) is 1.58. The van der Waals surface area contributed by atoms with Crippen LogP contribution in [-0.2, 0) is 0 Å². The summed E-state index contributed by atoms with van der Waals surface area (Å²) in [4.78, 5) is 15.6. The highest BCUT2D eigenvalue weighted by Gasteiger charge is 2.08. The van der Waals surface area contributed by atoms with Crippen LogP contribution in [-0.4, -0.2) is 24.5 Å². The van der Waals surface area contributed by atoms with Crippen LogP contribution in [0.2, 0.25) is 0 Å². The van der Waals surface area contributed by atoms with E-state index in [0.717, 1.165) is 11.4 Å². The first-order chi connectivity index (χ1) is 9.22. The van der Waals surface area contributed by atoms with Gasteiger partial charge in [-0.25, -0.2) is 4.98 Å². The molecule has 0 bridgehead atoms. The Kier molecular flexibility index (Phi) is 4.35. The molecule has 2 rings (SSSR count). The molecular formula is C13H15N3O2S. The van der Waals surface area contributed by atoms with E-state index in [0.29, 0.717) is 17.4 Å². The van der Waals surface area contributed by atoms with Crippen LogP contribution in [0.4, 0.5) is 10.8 Å². The van der Waals surface area contributed by atoms with Gasteiger partial charge >= 0.3 is 0 Å². The van der Waals surface area contributed by atoms with Gasteiger partial charge in [-0.1, -0.05) is 0 Å². The highest BCUT2D eigenvalue weighted by Crippen LogP contribution is 2.22. The van der Waals surface area contributed by atoms with Crippen molar-refractivity contribution in [2.24, 2.45) is 0 Å². The second-order valence-corrected chi connectivity index (χ2v) is 4.56. The van der Waals surface area contributed by atoms with Crippen molar-refractivity contribution in [2.45, 2.75) is 6.92 Å². The number of amides is 1. The van der Waals surface area contributed by atoms with Gasteiger partial charge in [-0.3, -0.25) is 4.79 Å². The summed E-state index contributed by atoms with van der Waals surface area (Å²) in [5, 5.41) is 8.09. The van der Waals surface area contributed by atoms with Gasteiger partial charge in [-0.05, 0) is 31.2 Å². The molecule has 0 aliphatic heterocycles. The maximum Gasteiger partial charge on any atom is 0.270 e. The van der Waals surface area contributed by atoms with Crippen molar-refractivity contribution in [3.63, 3.8) is 0 Å². The fraction of sp³-hybridized carbons (Fsp3) is 0.231. The standard InChI is InChI=1S/C13H15N3O2S/c1-3-18-10-6-4-9(5-7-10)15-13-16-11(8-19-13)12(17)14-2/h4-8H,3H2,1-2H3,(H,14,17)(H,15,16). The normalized spacial score (nSPS) is 10.0. The van der Waals surface area contributed by atoms with E-state index in [1.807, 2.05) is 31.2 Å². The van der Waals surface area contributed by atoms with E-state index >= 15 is 0 Å². The molecule has 0 fully saturated rings. The third kappa shape index (κ3) is 3.45. The van der Waals surface area contributed by atoms with E-state index in [9.17, 15) is 4.79 Å². The lowest BCUT2D eigenvalue weighted by atomic mass is 10.3. The fourth-order valence-corrected chi connectivity index (χ4v) is 2.20. The van der Waals surface area contributed by atoms with Crippen molar-refractivity contribution >= 4 is 28.1 Å². The topological polar surface area (TPSA) is 63.2 Å². The molecule has 2 N–H and O–H groups in total. The Balaban J connectivity index is 2.04. The number of hydrogen-bond donors (Lipinski definition) is 2. The number of thiazole rings is 1. The average molecular weight is 277 g/mol. The van der Waals surface area contributed by atoms with Gasteiger partial charge in [0.2, 0.25) is 0 Å². The van der Waals surface area contributed by atoms with E-state index < -0.39 is 0 Å². The van der Waals surface area contributed by atoms with Crippen LogP contribution >= 0.6 is 11.3 Å². The fourth-order valence-electron chi connectivity index (χ4n) is 1.49. The Morgan fingerprint density at radius 2 is 2.11 bits per heavy atom. The maximum absolute atomic E-state index is 11.4. The minimum atomic E-state index is -0.184. The molecule has 1 aromatic carbocycles. The van der Waals surface area contributed by atoms with E-state index in [-0.39, 0.29) is 5.91 Å². The van der Waals surface area contributed by atoms with E-state index in [2.05, 4.69) is 15.6 Å². The van der Waals surface area contributed by atoms with E-state index in [1.54, 1.807) is 12.4 Å². The van der Waals surface area contributed by atoms with Gasteiger partial charge in [0, 0.05) is 18.1 Å². The quantitative estimate of drug-likeness (QED) is 0.882. The van der Waals surface area contributed by atoms with E-state index in [1.165, 1.54) is 11.3 Å². The molecule has 0 radical (unpaired) electrons. The molecular weight excluding hydrogens is 262 g/mol. The summed E-state index contributed by atoms with van der Waals surface area (Å²) in [5.74, 6) is 0.647. The number of carbonyl (C=O) groups excluding carboxylic acids is 1. The molecule has 0 aliphatic rings. The lowest BCUT2D eigenvalue weighted by Gasteiger charge is -2.05. The lowest BCUT2D eigenvalue weighted by Crippen LogP contribution is -2.17. The van der Waals surface area contributed by atoms with Gasteiger partial charge < -0.3 is 15.4 Å². The Morgan fingerprint density at radius 3 is 2.74 bits per heavy atom. The zero-order chi connectivity index (χ0) is 13.7. The zero-order valence-corrected chi connectivity index (χ0v) is 11.6. The molecule has 0 aliphatic carbocycles. The SMILES string of the molecule is CCOc1ccc(Nc2nc(C(=O)NC)cs2)cc1.